The lowest BCUT2D eigenvalue weighted by atomic mass is 9.81. The first kappa shape index (κ1) is 17.6. The van der Waals surface area contributed by atoms with Gasteiger partial charge >= 0.3 is 0 Å². The van der Waals surface area contributed by atoms with Crippen molar-refractivity contribution in [2.45, 2.75) is 45.4 Å². The van der Waals surface area contributed by atoms with Gasteiger partial charge in [0.2, 0.25) is 11.8 Å². The van der Waals surface area contributed by atoms with Crippen LogP contribution >= 0.6 is 0 Å². The van der Waals surface area contributed by atoms with Crippen LogP contribution in [0, 0.1) is 11.8 Å². The van der Waals surface area contributed by atoms with E-state index in [1.165, 1.54) is 6.92 Å². The molecule has 5 nitrogen and oxygen atoms in total. The van der Waals surface area contributed by atoms with Crippen molar-refractivity contribution in [3.05, 3.63) is 29.8 Å². The van der Waals surface area contributed by atoms with Crippen molar-refractivity contribution in [3.8, 4) is 0 Å². The lowest BCUT2D eigenvalue weighted by molar-refractivity contribution is -0.136. The van der Waals surface area contributed by atoms with Gasteiger partial charge in [-0.05, 0) is 57.6 Å². The molecule has 5 heteroatoms. The number of carbonyl (C=O) groups excluding carboxylic acids is 3. The minimum atomic E-state index is -0.0522. The topological polar surface area (TPSA) is 66.5 Å². The summed E-state index contributed by atoms with van der Waals surface area (Å²) in [5.74, 6) is 0.294. The number of anilines is 1. The maximum absolute atomic E-state index is 12.5. The van der Waals surface area contributed by atoms with Crippen molar-refractivity contribution in [2.24, 2.45) is 11.8 Å². The van der Waals surface area contributed by atoms with Crippen LogP contribution in [0.4, 0.5) is 5.69 Å². The molecule has 0 aromatic heterocycles. The van der Waals surface area contributed by atoms with Crippen LogP contribution in [0.15, 0.2) is 24.3 Å². The molecule has 2 amide bonds. The molecule has 1 aliphatic heterocycles. The first-order chi connectivity index (χ1) is 12.0. The smallest absolute Gasteiger partial charge is 0.227 e. The molecule has 0 spiro atoms. The highest BCUT2D eigenvalue weighted by molar-refractivity contribution is 5.97. The molecule has 2 fully saturated rings. The van der Waals surface area contributed by atoms with Gasteiger partial charge in [0.05, 0.1) is 0 Å². The van der Waals surface area contributed by atoms with Gasteiger partial charge < -0.3 is 10.2 Å². The van der Waals surface area contributed by atoms with Gasteiger partial charge in [-0.3, -0.25) is 14.4 Å². The molecular weight excluding hydrogens is 316 g/mol. The van der Waals surface area contributed by atoms with Gasteiger partial charge in [-0.2, -0.15) is 0 Å². The second kappa shape index (κ2) is 7.81. The molecule has 0 bridgehead atoms. The van der Waals surface area contributed by atoms with Gasteiger partial charge in [-0.1, -0.05) is 12.1 Å². The van der Waals surface area contributed by atoms with E-state index in [0.717, 1.165) is 51.6 Å². The van der Waals surface area contributed by atoms with Crippen LogP contribution in [-0.2, 0) is 9.59 Å². The highest BCUT2D eigenvalue weighted by Gasteiger charge is 2.32. The van der Waals surface area contributed by atoms with Crippen LogP contribution in [0.25, 0.3) is 0 Å². The number of nitrogens with zero attached hydrogens (tertiary/aromatic N) is 1. The van der Waals surface area contributed by atoms with Crippen molar-refractivity contribution < 1.29 is 14.4 Å². The molecule has 0 atom stereocenters. The lowest BCUT2D eigenvalue weighted by Gasteiger charge is -2.29. The van der Waals surface area contributed by atoms with Gasteiger partial charge in [0.1, 0.15) is 0 Å². The summed E-state index contributed by atoms with van der Waals surface area (Å²) in [6.45, 7) is 3.30. The molecule has 3 rings (SSSR count). The molecular formula is C20H26N2O3. The average Bonchev–Trinajstić information content (AvgIpc) is 3.16. The molecule has 0 unspecified atom stereocenters. The van der Waals surface area contributed by atoms with E-state index in [0.29, 0.717) is 11.3 Å². The zero-order valence-electron chi connectivity index (χ0n) is 14.8. The molecule has 2 aliphatic rings. The van der Waals surface area contributed by atoms with Crippen molar-refractivity contribution >= 4 is 23.3 Å². The van der Waals surface area contributed by atoms with E-state index >= 15 is 0 Å². The van der Waals surface area contributed by atoms with Crippen molar-refractivity contribution in [3.63, 3.8) is 0 Å². The van der Waals surface area contributed by atoms with Crippen LogP contribution in [0.1, 0.15) is 55.8 Å². The lowest BCUT2D eigenvalue weighted by Crippen LogP contribution is -2.37. The molecule has 0 radical (unpaired) electrons. The van der Waals surface area contributed by atoms with E-state index < -0.39 is 0 Å². The van der Waals surface area contributed by atoms with Crippen LogP contribution in [0.3, 0.4) is 0 Å². The van der Waals surface area contributed by atoms with Crippen molar-refractivity contribution in [2.75, 3.05) is 18.4 Å². The third kappa shape index (κ3) is 4.27. The SMILES string of the molecule is CC(=O)c1cccc(NC(=O)C2CCC(C(=O)N3CCCC3)CC2)c1. The molecule has 1 heterocycles. The van der Waals surface area contributed by atoms with Crippen LogP contribution in [-0.4, -0.2) is 35.6 Å². The van der Waals surface area contributed by atoms with Gasteiger partial charge in [-0.25, -0.2) is 0 Å². The number of likely N-dealkylation sites (tertiary alicyclic amines) is 1. The summed E-state index contributed by atoms with van der Waals surface area (Å²) >= 11 is 0. The van der Waals surface area contributed by atoms with Crippen LogP contribution < -0.4 is 5.32 Å². The normalized spacial score (nSPS) is 23.3. The maximum atomic E-state index is 12.5. The minimum Gasteiger partial charge on any atom is -0.342 e. The predicted molar refractivity (Wildman–Crippen MR) is 96.3 cm³/mol. The van der Waals surface area contributed by atoms with Crippen molar-refractivity contribution in [1.82, 2.24) is 4.90 Å². The number of Topliss-reactive ketones (excluding diaryl/α,β-unsaturated/α-hetero) is 1. The van der Waals surface area contributed by atoms with Gasteiger partial charge in [0.15, 0.2) is 5.78 Å². The van der Waals surface area contributed by atoms with E-state index in [9.17, 15) is 14.4 Å². The van der Waals surface area contributed by atoms with E-state index in [1.54, 1.807) is 24.3 Å². The Balaban J connectivity index is 1.52. The summed E-state index contributed by atoms with van der Waals surface area (Å²) in [7, 11) is 0. The molecule has 134 valence electrons. The number of benzene rings is 1. The Morgan fingerprint density at radius 3 is 2.28 bits per heavy atom. The van der Waals surface area contributed by atoms with Crippen LogP contribution in [0.5, 0.6) is 0 Å². The quantitative estimate of drug-likeness (QED) is 0.854. The van der Waals surface area contributed by atoms with E-state index in [1.807, 2.05) is 4.90 Å². The minimum absolute atomic E-state index is 0.00669. The Kier molecular flexibility index (Phi) is 5.51. The molecule has 1 aromatic rings. The first-order valence-electron chi connectivity index (χ1n) is 9.25. The molecule has 1 saturated heterocycles. The fraction of sp³-hybridized carbons (Fsp3) is 0.550. The standard InChI is InChI=1S/C20H26N2O3/c1-14(23)17-5-4-6-18(13-17)21-19(24)15-7-9-16(10-8-15)20(25)22-11-2-3-12-22/h4-6,13,15-16H,2-3,7-12H2,1H3,(H,21,24). The predicted octanol–water partition coefficient (Wildman–Crippen LogP) is 3.26. The number of rotatable bonds is 4. The zero-order valence-corrected chi connectivity index (χ0v) is 14.8. The molecule has 1 saturated carbocycles. The number of ketones is 1. The van der Waals surface area contributed by atoms with Gasteiger partial charge in [0.25, 0.3) is 0 Å². The number of carbonyl (C=O) groups is 3. The highest BCUT2D eigenvalue weighted by atomic mass is 16.2. The summed E-state index contributed by atoms with van der Waals surface area (Å²) in [4.78, 5) is 38.4. The fourth-order valence-corrected chi connectivity index (χ4v) is 3.86. The first-order valence-corrected chi connectivity index (χ1v) is 9.25. The van der Waals surface area contributed by atoms with Gasteiger partial charge in [-0.15, -0.1) is 0 Å². The van der Waals surface area contributed by atoms with Crippen molar-refractivity contribution in [1.29, 1.82) is 0 Å². The number of hydrogen-bond acceptors (Lipinski definition) is 3. The fourth-order valence-electron chi connectivity index (χ4n) is 3.86. The third-order valence-corrected chi connectivity index (χ3v) is 5.40. The Labute approximate surface area is 148 Å². The van der Waals surface area contributed by atoms with E-state index in [-0.39, 0.29) is 29.4 Å². The van der Waals surface area contributed by atoms with Crippen LogP contribution in [0.2, 0.25) is 0 Å². The van der Waals surface area contributed by atoms with Gasteiger partial charge in [0, 0.05) is 36.2 Å². The van der Waals surface area contributed by atoms with E-state index in [4.69, 9.17) is 0 Å². The summed E-state index contributed by atoms with van der Waals surface area (Å²) < 4.78 is 0. The monoisotopic (exact) mass is 342 g/mol. The number of hydrogen-bond donors (Lipinski definition) is 1. The largest absolute Gasteiger partial charge is 0.342 e. The molecule has 25 heavy (non-hydrogen) atoms. The third-order valence-electron chi connectivity index (χ3n) is 5.40. The van der Waals surface area contributed by atoms with E-state index in [2.05, 4.69) is 5.32 Å². The molecule has 1 aromatic carbocycles. The Morgan fingerprint density at radius 2 is 1.64 bits per heavy atom. The average molecular weight is 342 g/mol. The summed E-state index contributed by atoms with van der Waals surface area (Å²) in [6.07, 6.45) is 5.32. The maximum Gasteiger partial charge on any atom is 0.227 e. The Bertz CT molecular complexity index is 657. The number of nitrogens with one attached hydrogen (secondary N) is 1. The molecule has 1 aliphatic carbocycles. The summed E-state index contributed by atoms with van der Waals surface area (Å²) in [5.41, 5.74) is 1.26. The Hall–Kier alpha value is -2.17. The summed E-state index contributed by atoms with van der Waals surface area (Å²) in [5, 5.41) is 2.92. The highest BCUT2D eigenvalue weighted by Crippen LogP contribution is 2.31. The Morgan fingerprint density at radius 1 is 1.00 bits per heavy atom. The number of amides is 2. The zero-order chi connectivity index (χ0) is 17.8. The second-order valence-corrected chi connectivity index (χ2v) is 7.21. The summed E-state index contributed by atoms with van der Waals surface area (Å²) in [6, 6.07) is 7.03. The molecule has 1 N–H and O–H groups in total. The second-order valence-electron chi connectivity index (χ2n) is 7.21.